The minimum Gasteiger partial charge on any atom is -0.326 e. The van der Waals surface area contributed by atoms with Crippen molar-refractivity contribution in [1.82, 2.24) is 4.90 Å². The second kappa shape index (κ2) is 6.34. The van der Waals surface area contributed by atoms with Crippen molar-refractivity contribution in [3.05, 3.63) is 71.3 Å². The monoisotopic (exact) mass is 320 g/mol. The Morgan fingerprint density at radius 2 is 1.61 bits per heavy atom. The lowest BCUT2D eigenvalue weighted by atomic mass is 9.94. The predicted molar refractivity (Wildman–Crippen MR) is 83.9 cm³/mol. The molecule has 122 valence electrons. The van der Waals surface area contributed by atoms with Crippen molar-refractivity contribution in [1.29, 1.82) is 0 Å². The molecule has 2 aromatic carbocycles. The molecule has 2 aromatic rings. The zero-order valence-corrected chi connectivity index (χ0v) is 12.6. The zero-order chi connectivity index (χ0) is 16.4. The number of likely N-dealkylation sites (tertiary alicyclic amines) is 1. The van der Waals surface area contributed by atoms with E-state index in [0.717, 1.165) is 37.3 Å². The second-order valence-corrected chi connectivity index (χ2v) is 6.07. The molecule has 1 fully saturated rings. The number of nitrogens with two attached hydrogens (primary N) is 1. The van der Waals surface area contributed by atoms with Crippen LogP contribution in [0.5, 0.6) is 0 Å². The summed E-state index contributed by atoms with van der Waals surface area (Å²) in [5.74, 6) is 0.0704. The van der Waals surface area contributed by atoms with Crippen LogP contribution in [-0.2, 0) is 12.7 Å². The molecule has 2 N–H and O–H groups in total. The van der Waals surface area contributed by atoms with E-state index in [-0.39, 0.29) is 12.0 Å². The number of rotatable bonds is 3. The largest absolute Gasteiger partial charge is 0.416 e. The predicted octanol–water partition coefficient (Wildman–Crippen LogP) is 3.63. The number of alkyl halides is 3. The highest BCUT2D eigenvalue weighted by Gasteiger charge is 2.33. The Kier molecular flexibility index (Phi) is 4.41. The highest BCUT2D eigenvalue weighted by molar-refractivity contribution is 5.29. The van der Waals surface area contributed by atoms with Gasteiger partial charge in [-0.2, -0.15) is 13.2 Å². The van der Waals surface area contributed by atoms with E-state index in [1.165, 1.54) is 5.56 Å². The van der Waals surface area contributed by atoms with Crippen LogP contribution in [0.1, 0.15) is 22.6 Å². The summed E-state index contributed by atoms with van der Waals surface area (Å²) in [5.41, 5.74) is 7.69. The van der Waals surface area contributed by atoms with Crippen LogP contribution < -0.4 is 5.73 Å². The molecule has 5 heteroatoms. The molecule has 0 aliphatic carbocycles. The van der Waals surface area contributed by atoms with Crippen molar-refractivity contribution < 1.29 is 13.2 Å². The summed E-state index contributed by atoms with van der Waals surface area (Å²) in [6, 6.07) is 15.4. The Bertz CT molecular complexity index is 638. The maximum atomic E-state index is 12.6. The molecule has 0 saturated carbocycles. The molecule has 1 saturated heterocycles. The van der Waals surface area contributed by atoms with Gasteiger partial charge in [0.25, 0.3) is 0 Å². The minimum absolute atomic E-state index is 0.0598. The number of nitrogens with zero attached hydrogens (tertiary/aromatic N) is 1. The zero-order valence-electron chi connectivity index (χ0n) is 12.6. The molecule has 3 rings (SSSR count). The lowest BCUT2D eigenvalue weighted by Gasteiger charge is -2.17. The average Bonchev–Trinajstić information content (AvgIpc) is 2.88. The normalized spacial score (nSPS) is 22.4. The molecule has 1 heterocycles. The first-order valence-electron chi connectivity index (χ1n) is 7.62. The molecule has 0 amide bonds. The average molecular weight is 320 g/mol. The van der Waals surface area contributed by atoms with Crippen LogP contribution in [0.3, 0.4) is 0 Å². The highest BCUT2D eigenvalue weighted by Crippen LogP contribution is 2.32. The molecule has 1 aliphatic rings. The SMILES string of the molecule is NC1CN(Cc2ccccc2)CC1c1ccc(C(F)(F)F)cc1. The van der Waals surface area contributed by atoms with Crippen LogP contribution in [0.2, 0.25) is 0 Å². The van der Waals surface area contributed by atoms with Gasteiger partial charge in [-0.15, -0.1) is 0 Å². The minimum atomic E-state index is -4.30. The molecule has 0 aromatic heterocycles. The first-order chi connectivity index (χ1) is 10.9. The van der Waals surface area contributed by atoms with Crippen molar-refractivity contribution >= 4 is 0 Å². The Morgan fingerprint density at radius 1 is 0.957 bits per heavy atom. The standard InChI is InChI=1S/C18H19F3N2/c19-18(20,21)15-8-6-14(7-9-15)16-11-23(12-17(16)22)10-13-4-2-1-3-5-13/h1-9,16-17H,10-12,22H2. The van der Waals surface area contributed by atoms with Gasteiger partial charge in [0.2, 0.25) is 0 Å². The maximum absolute atomic E-state index is 12.6. The molecule has 0 spiro atoms. The van der Waals surface area contributed by atoms with E-state index >= 15 is 0 Å². The Balaban J connectivity index is 1.69. The van der Waals surface area contributed by atoms with E-state index in [4.69, 9.17) is 5.73 Å². The fourth-order valence-electron chi connectivity index (χ4n) is 3.16. The van der Waals surface area contributed by atoms with Gasteiger partial charge in [0.1, 0.15) is 0 Å². The lowest BCUT2D eigenvalue weighted by Crippen LogP contribution is -2.28. The Morgan fingerprint density at radius 3 is 2.22 bits per heavy atom. The van der Waals surface area contributed by atoms with Crippen LogP contribution in [0, 0.1) is 0 Å². The van der Waals surface area contributed by atoms with Crippen molar-refractivity contribution in [3.8, 4) is 0 Å². The smallest absolute Gasteiger partial charge is 0.326 e. The van der Waals surface area contributed by atoms with E-state index in [1.807, 2.05) is 18.2 Å². The van der Waals surface area contributed by atoms with Gasteiger partial charge in [0.05, 0.1) is 5.56 Å². The summed E-state index contributed by atoms with van der Waals surface area (Å²) < 4.78 is 37.9. The Labute approximate surface area is 133 Å². The van der Waals surface area contributed by atoms with Crippen molar-refractivity contribution in [2.24, 2.45) is 5.73 Å². The molecule has 2 nitrogen and oxygen atoms in total. The molecule has 2 unspecified atom stereocenters. The van der Waals surface area contributed by atoms with Crippen LogP contribution in [0.15, 0.2) is 54.6 Å². The maximum Gasteiger partial charge on any atom is 0.416 e. The lowest BCUT2D eigenvalue weighted by molar-refractivity contribution is -0.137. The third-order valence-electron chi connectivity index (χ3n) is 4.36. The third kappa shape index (κ3) is 3.74. The van der Waals surface area contributed by atoms with E-state index < -0.39 is 11.7 Å². The van der Waals surface area contributed by atoms with Crippen LogP contribution in [0.4, 0.5) is 13.2 Å². The summed E-state index contributed by atoms with van der Waals surface area (Å²) in [5, 5.41) is 0. The van der Waals surface area contributed by atoms with Gasteiger partial charge in [0, 0.05) is 31.6 Å². The first-order valence-corrected chi connectivity index (χ1v) is 7.62. The number of benzene rings is 2. The fraction of sp³-hybridized carbons (Fsp3) is 0.333. The summed E-state index contributed by atoms with van der Waals surface area (Å²) in [6.45, 7) is 2.33. The van der Waals surface area contributed by atoms with Crippen LogP contribution in [-0.4, -0.2) is 24.0 Å². The molecule has 0 bridgehead atoms. The molecule has 2 atom stereocenters. The fourth-order valence-corrected chi connectivity index (χ4v) is 3.16. The van der Waals surface area contributed by atoms with Crippen LogP contribution >= 0.6 is 0 Å². The van der Waals surface area contributed by atoms with Crippen molar-refractivity contribution in [3.63, 3.8) is 0 Å². The van der Waals surface area contributed by atoms with Crippen molar-refractivity contribution in [2.75, 3.05) is 13.1 Å². The number of halogens is 3. The molecule has 1 aliphatic heterocycles. The highest BCUT2D eigenvalue weighted by atomic mass is 19.4. The van der Waals surface area contributed by atoms with E-state index in [2.05, 4.69) is 17.0 Å². The molecule has 0 radical (unpaired) electrons. The second-order valence-electron chi connectivity index (χ2n) is 6.07. The van der Waals surface area contributed by atoms with Gasteiger partial charge >= 0.3 is 6.18 Å². The van der Waals surface area contributed by atoms with Gasteiger partial charge in [-0.25, -0.2) is 0 Å². The van der Waals surface area contributed by atoms with E-state index in [1.54, 1.807) is 12.1 Å². The molecular weight excluding hydrogens is 301 g/mol. The summed E-state index contributed by atoms with van der Waals surface area (Å²) in [4.78, 5) is 2.25. The molecule has 23 heavy (non-hydrogen) atoms. The van der Waals surface area contributed by atoms with Gasteiger partial charge in [0.15, 0.2) is 0 Å². The van der Waals surface area contributed by atoms with E-state index in [0.29, 0.717) is 0 Å². The van der Waals surface area contributed by atoms with Gasteiger partial charge < -0.3 is 5.73 Å². The first kappa shape index (κ1) is 16.0. The number of hydrogen-bond acceptors (Lipinski definition) is 2. The third-order valence-corrected chi connectivity index (χ3v) is 4.36. The summed E-state index contributed by atoms with van der Waals surface area (Å²) >= 11 is 0. The molecular formula is C18H19F3N2. The van der Waals surface area contributed by atoms with Crippen LogP contribution in [0.25, 0.3) is 0 Å². The quantitative estimate of drug-likeness (QED) is 0.936. The van der Waals surface area contributed by atoms with Crippen molar-refractivity contribution in [2.45, 2.75) is 24.7 Å². The summed E-state index contributed by atoms with van der Waals surface area (Å²) in [7, 11) is 0. The summed E-state index contributed by atoms with van der Waals surface area (Å²) in [6.07, 6.45) is -4.30. The number of hydrogen-bond donors (Lipinski definition) is 1. The Hall–Kier alpha value is -1.85. The van der Waals surface area contributed by atoms with Gasteiger partial charge in [-0.05, 0) is 23.3 Å². The topological polar surface area (TPSA) is 29.3 Å². The van der Waals surface area contributed by atoms with E-state index in [9.17, 15) is 13.2 Å². The van der Waals surface area contributed by atoms with Gasteiger partial charge in [-0.1, -0.05) is 42.5 Å². The van der Waals surface area contributed by atoms with Gasteiger partial charge in [-0.3, -0.25) is 4.90 Å².